The number of carbonyl (C=O) groups is 2. The Kier molecular flexibility index (Phi) is 4.65. The number of rotatable bonds is 2. The maximum absolute atomic E-state index is 13.2. The van der Waals surface area contributed by atoms with E-state index in [4.69, 9.17) is 0 Å². The van der Waals surface area contributed by atoms with Crippen LogP contribution in [-0.4, -0.2) is 40.4 Å². The average Bonchev–Trinajstić information content (AvgIpc) is 2.67. The molecule has 2 heterocycles. The van der Waals surface area contributed by atoms with Crippen LogP contribution < -0.4 is 5.32 Å². The average molecular weight is 370 g/mol. The number of nitrogens with zero attached hydrogens (tertiary/aromatic N) is 1. The van der Waals surface area contributed by atoms with Crippen molar-refractivity contribution >= 4 is 11.8 Å². The summed E-state index contributed by atoms with van der Waals surface area (Å²) >= 11 is 0. The molecular formula is C22H30N2O3. The number of fused-ring (bicyclic) bond motifs is 1. The van der Waals surface area contributed by atoms with Gasteiger partial charge in [0.1, 0.15) is 17.8 Å². The molecule has 0 aromatic heterocycles. The molecule has 1 aromatic carbocycles. The summed E-state index contributed by atoms with van der Waals surface area (Å²) in [6.45, 7) is 4.89. The number of phenolic OH excluding ortho intramolecular Hbond substituents is 1. The molecule has 2 amide bonds. The van der Waals surface area contributed by atoms with E-state index in [-0.39, 0.29) is 40.9 Å². The Balaban J connectivity index is 1.59. The highest BCUT2D eigenvalue weighted by Crippen LogP contribution is 2.44. The molecule has 0 bridgehead atoms. The Morgan fingerprint density at radius 1 is 1.19 bits per heavy atom. The Labute approximate surface area is 161 Å². The molecule has 4 atom stereocenters. The lowest BCUT2D eigenvalue weighted by molar-refractivity contribution is -0.156. The van der Waals surface area contributed by atoms with Gasteiger partial charge in [-0.1, -0.05) is 45.2 Å². The Morgan fingerprint density at radius 2 is 1.93 bits per heavy atom. The van der Waals surface area contributed by atoms with E-state index in [2.05, 4.69) is 19.2 Å². The molecular weight excluding hydrogens is 340 g/mol. The van der Waals surface area contributed by atoms with Crippen molar-refractivity contribution in [3.05, 3.63) is 29.8 Å². The number of amides is 2. The largest absolute Gasteiger partial charge is 0.508 e. The molecule has 2 saturated heterocycles. The van der Waals surface area contributed by atoms with Crippen molar-refractivity contribution in [2.45, 2.75) is 69.9 Å². The topological polar surface area (TPSA) is 69.6 Å². The predicted octanol–water partition coefficient (Wildman–Crippen LogP) is 2.97. The fraction of sp³-hybridized carbons (Fsp3) is 0.636. The lowest BCUT2D eigenvalue weighted by atomic mass is 9.65. The number of piperazine rings is 1. The summed E-state index contributed by atoms with van der Waals surface area (Å²) in [5.74, 6) is 0.827. The van der Waals surface area contributed by atoms with Gasteiger partial charge in [0.05, 0.1) is 0 Å². The molecule has 5 nitrogen and oxygen atoms in total. The first-order chi connectivity index (χ1) is 12.9. The van der Waals surface area contributed by atoms with E-state index in [1.165, 1.54) is 6.42 Å². The maximum atomic E-state index is 13.2. The Bertz CT molecular complexity index is 743. The van der Waals surface area contributed by atoms with E-state index < -0.39 is 6.04 Å². The molecule has 2 aliphatic heterocycles. The smallest absolute Gasteiger partial charge is 0.246 e. The third-order valence-electron chi connectivity index (χ3n) is 7.33. The van der Waals surface area contributed by atoms with Gasteiger partial charge in [-0.05, 0) is 54.2 Å². The molecule has 1 saturated carbocycles. The van der Waals surface area contributed by atoms with E-state index >= 15 is 0 Å². The number of nitrogens with one attached hydrogen (secondary N) is 1. The number of aromatic hydroxyl groups is 1. The van der Waals surface area contributed by atoms with Crippen molar-refractivity contribution in [3.8, 4) is 5.75 Å². The fourth-order valence-electron chi connectivity index (χ4n) is 5.35. The van der Waals surface area contributed by atoms with Crippen LogP contribution in [0.5, 0.6) is 5.75 Å². The van der Waals surface area contributed by atoms with Gasteiger partial charge in [-0.3, -0.25) is 9.59 Å². The van der Waals surface area contributed by atoms with Gasteiger partial charge >= 0.3 is 0 Å². The van der Waals surface area contributed by atoms with Crippen LogP contribution in [0, 0.1) is 11.8 Å². The van der Waals surface area contributed by atoms with Crippen LogP contribution in [0.3, 0.4) is 0 Å². The molecule has 0 spiro atoms. The van der Waals surface area contributed by atoms with Gasteiger partial charge in [0.25, 0.3) is 0 Å². The number of hydrogen-bond acceptors (Lipinski definition) is 3. The minimum absolute atomic E-state index is 0.0107. The number of phenols is 1. The summed E-state index contributed by atoms with van der Waals surface area (Å²) in [5, 5.41) is 13.0. The van der Waals surface area contributed by atoms with Gasteiger partial charge in [-0.2, -0.15) is 0 Å². The second-order valence-electron chi connectivity index (χ2n) is 8.96. The van der Waals surface area contributed by atoms with Crippen molar-refractivity contribution in [1.29, 1.82) is 0 Å². The third-order valence-corrected chi connectivity index (χ3v) is 7.33. The van der Waals surface area contributed by atoms with Gasteiger partial charge in [-0.25, -0.2) is 0 Å². The van der Waals surface area contributed by atoms with Crippen LogP contribution >= 0.6 is 0 Å². The molecule has 3 unspecified atom stereocenters. The van der Waals surface area contributed by atoms with Crippen LogP contribution in [0.2, 0.25) is 0 Å². The van der Waals surface area contributed by atoms with Crippen molar-refractivity contribution < 1.29 is 14.7 Å². The predicted molar refractivity (Wildman–Crippen MR) is 103 cm³/mol. The minimum Gasteiger partial charge on any atom is -0.508 e. The number of carbonyl (C=O) groups excluding carboxylic acids is 2. The first-order valence-electron chi connectivity index (χ1n) is 10.3. The third kappa shape index (κ3) is 3.11. The molecule has 27 heavy (non-hydrogen) atoms. The molecule has 4 rings (SSSR count). The van der Waals surface area contributed by atoms with Crippen LogP contribution in [0.1, 0.15) is 57.9 Å². The van der Waals surface area contributed by atoms with E-state index in [0.29, 0.717) is 13.0 Å². The number of benzene rings is 1. The maximum Gasteiger partial charge on any atom is 0.246 e. The van der Waals surface area contributed by atoms with E-state index in [9.17, 15) is 14.7 Å². The lowest BCUT2D eigenvalue weighted by Crippen LogP contribution is -2.69. The summed E-state index contributed by atoms with van der Waals surface area (Å²) in [6.07, 6.45) is 6.19. The van der Waals surface area contributed by atoms with Gasteiger partial charge in [0, 0.05) is 6.54 Å². The minimum atomic E-state index is -0.416. The van der Waals surface area contributed by atoms with Crippen LogP contribution in [0.15, 0.2) is 24.3 Å². The summed E-state index contributed by atoms with van der Waals surface area (Å²) in [4.78, 5) is 28.0. The Morgan fingerprint density at radius 3 is 2.63 bits per heavy atom. The second kappa shape index (κ2) is 6.84. The first kappa shape index (κ1) is 18.3. The zero-order chi connectivity index (χ0) is 19.2. The highest BCUT2D eigenvalue weighted by molar-refractivity contribution is 5.97. The van der Waals surface area contributed by atoms with Gasteiger partial charge < -0.3 is 15.3 Å². The quantitative estimate of drug-likeness (QED) is 0.841. The summed E-state index contributed by atoms with van der Waals surface area (Å²) in [5.41, 5.74) is 0.777. The summed E-state index contributed by atoms with van der Waals surface area (Å²) < 4.78 is 0. The van der Waals surface area contributed by atoms with Crippen molar-refractivity contribution in [3.63, 3.8) is 0 Å². The van der Waals surface area contributed by atoms with E-state index in [1.54, 1.807) is 12.1 Å². The highest BCUT2D eigenvalue weighted by atomic mass is 16.3. The summed E-state index contributed by atoms with van der Waals surface area (Å²) in [7, 11) is 0. The molecule has 3 aliphatic rings. The van der Waals surface area contributed by atoms with Crippen LogP contribution in [0.4, 0.5) is 0 Å². The molecule has 0 radical (unpaired) electrons. The molecule has 1 aliphatic carbocycles. The van der Waals surface area contributed by atoms with Crippen molar-refractivity contribution in [2.75, 3.05) is 6.54 Å². The lowest BCUT2D eigenvalue weighted by Gasteiger charge is -2.52. The number of hydrogen-bond donors (Lipinski definition) is 2. The van der Waals surface area contributed by atoms with Crippen molar-refractivity contribution in [2.24, 2.45) is 11.8 Å². The van der Waals surface area contributed by atoms with Crippen LogP contribution in [-0.2, 0) is 15.0 Å². The van der Waals surface area contributed by atoms with Crippen molar-refractivity contribution in [1.82, 2.24) is 10.2 Å². The fourth-order valence-corrected chi connectivity index (χ4v) is 5.35. The van der Waals surface area contributed by atoms with E-state index in [0.717, 1.165) is 31.2 Å². The standard InChI is InChI=1S/C22H30N2O3/c1-14-13-24-18(12-22(14,2)16-9-6-10-17(25)11-16)20(26)23-19(21(24)27)15-7-4-3-5-8-15/h6,9-11,14-15,18-19,25H,3-5,7-8,12-13H2,1-2H3,(H,23,26)/t14?,18?,19?,22-/m1/s1. The Hall–Kier alpha value is -2.04. The second-order valence-corrected chi connectivity index (χ2v) is 8.96. The highest BCUT2D eigenvalue weighted by Gasteiger charge is 2.51. The zero-order valence-electron chi connectivity index (χ0n) is 16.3. The van der Waals surface area contributed by atoms with Crippen LogP contribution in [0.25, 0.3) is 0 Å². The molecule has 146 valence electrons. The van der Waals surface area contributed by atoms with E-state index in [1.807, 2.05) is 17.0 Å². The molecule has 3 fully saturated rings. The van der Waals surface area contributed by atoms with Gasteiger partial charge in [0.2, 0.25) is 11.8 Å². The number of piperidine rings is 1. The van der Waals surface area contributed by atoms with Gasteiger partial charge in [-0.15, -0.1) is 0 Å². The zero-order valence-corrected chi connectivity index (χ0v) is 16.3. The summed E-state index contributed by atoms with van der Waals surface area (Å²) in [6, 6.07) is 6.56. The first-order valence-corrected chi connectivity index (χ1v) is 10.3. The monoisotopic (exact) mass is 370 g/mol. The SMILES string of the molecule is CC1CN2C(=O)C(C3CCCCC3)NC(=O)C2C[C@@]1(C)c1cccc(O)c1. The molecule has 1 aromatic rings. The molecule has 2 N–H and O–H groups in total. The molecule has 5 heteroatoms. The normalized spacial score (nSPS) is 34.9. The van der Waals surface area contributed by atoms with Gasteiger partial charge in [0.15, 0.2) is 0 Å².